The van der Waals surface area contributed by atoms with Crippen LogP contribution >= 0.6 is 22.7 Å². The number of nitrogens with zero attached hydrogens (tertiary/aromatic N) is 3. The maximum absolute atomic E-state index is 10.2. The summed E-state index contributed by atoms with van der Waals surface area (Å²) >= 11 is 3.62. The maximum Gasteiger partial charge on any atom is 0.101 e. The number of hydrogen-bond donors (Lipinski definition) is 0. The highest BCUT2D eigenvalue weighted by atomic mass is 32.1. The summed E-state index contributed by atoms with van der Waals surface area (Å²) in [6.45, 7) is 0. The number of hydrogen-bond acceptors (Lipinski definition) is 4. The lowest BCUT2D eigenvalue weighted by Crippen LogP contribution is -1.93. The van der Waals surface area contributed by atoms with Gasteiger partial charge in [-0.05, 0) is 60.4 Å². The number of rotatable bonds is 2. The molecule has 43 heavy (non-hydrogen) atoms. The van der Waals surface area contributed by atoms with Gasteiger partial charge in [0.2, 0.25) is 0 Å². The normalized spacial score (nSPS) is 12.8. The Hall–Kier alpha value is -5.20. The van der Waals surface area contributed by atoms with E-state index in [1.165, 1.54) is 31.7 Å². The Bertz CT molecular complexity index is 2590. The van der Waals surface area contributed by atoms with Gasteiger partial charge in [-0.2, -0.15) is 10.5 Å². The van der Waals surface area contributed by atoms with E-state index in [-0.39, 0.29) is 0 Å². The standard InChI is InChI=1S/C38H21N3S2/c39-20-22-15-18-32-30(19-22)24-7-1-3-12-31(24)41(32)33-13-6-11-29-35-26(17-16-23(21-40)36(35)43-38(29)33)28-10-5-9-27-25-8-2-4-14-34(25)42-37(27)28/h1-3,5-13,15-19H,4,14H2. The zero-order valence-electron chi connectivity index (χ0n) is 22.9. The Morgan fingerprint density at radius 1 is 0.651 bits per heavy atom. The van der Waals surface area contributed by atoms with Gasteiger partial charge in [-0.1, -0.05) is 66.7 Å². The smallest absolute Gasteiger partial charge is 0.101 e. The molecule has 0 amide bonds. The van der Waals surface area contributed by atoms with Crippen LogP contribution in [0.3, 0.4) is 0 Å². The fraction of sp³-hybridized carbons (Fsp3) is 0.0526. The van der Waals surface area contributed by atoms with Gasteiger partial charge in [0.05, 0.1) is 43.3 Å². The van der Waals surface area contributed by atoms with Crippen molar-refractivity contribution in [2.24, 2.45) is 0 Å². The van der Waals surface area contributed by atoms with Gasteiger partial charge in [0.25, 0.3) is 0 Å². The number of nitriles is 2. The number of aryl methyl sites for hydroxylation is 1. The first-order chi connectivity index (χ1) is 21.2. The van der Waals surface area contributed by atoms with Crippen molar-refractivity contribution in [3.8, 4) is 29.0 Å². The second-order valence-electron chi connectivity index (χ2n) is 11.0. The zero-order valence-corrected chi connectivity index (χ0v) is 24.5. The topological polar surface area (TPSA) is 52.5 Å². The predicted molar refractivity (Wildman–Crippen MR) is 181 cm³/mol. The molecule has 0 N–H and O–H groups in total. The van der Waals surface area contributed by atoms with Crippen molar-refractivity contribution in [1.82, 2.24) is 4.57 Å². The molecular weight excluding hydrogens is 563 g/mol. The molecule has 3 aromatic heterocycles. The van der Waals surface area contributed by atoms with Crippen LogP contribution in [0.15, 0.2) is 97.1 Å². The van der Waals surface area contributed by atoms with Crippen LogP contribution in [-0.4, -0.2) is 4.57 Å². The van der Waals surface area contributed by atoms with Crippen molar-refractivity contribution >= 4 is 80.8 Å². The molecule has 0 radical (unpaired) electrons. The summed E-state index contributed by atoms with van der Waals surface area (Å²) in [7, 11) is 0. The molecule has 5 heteroatoms. The van der Waals surface area contributed by atoms with Gasteiger partial charge in [0.15, 0.2) is 0 Å². The van der Waals surface area contributed by atoms with Crippen LogP contribution in [0.25, 0.3) is 75.0 Å². The molecular formula is C38H21N3S2. The van der Waals surface area contributed by atoms with Crippen molar-refractivity contribution < 1.29 is 0 Å². The molecule has 0 saturated carbocycles. The molecule has 9 rings (SSSR count). The highest BCUT2D eigenvalue weighted by molar-refractivity contribution is 7.26. The van der Waals surface area contributed by atoms with E-state index in [1.54, 1.807) is 11.3 Å². The first-order valence-electron chi connectivity index (χ1n) is 14.3. The van der Waals surface area contributed by atoms with E-state index in [1.807, 2.05) is 29.5 Å². The predicted octanol–water partition coefficient (Wildman–Crippen LogP) is 10.7. The quantitative estimate of drug-likeness (QED) is 0.203. The van der Waals surface area contributed by atoms with Crippen LogP contribution in [-0.2, 0) is 6.42 Å². The minimum Gasteiger partial charge on any atom is -0.308 e. The van der Waals surface area contributed by atoms with E-state index in [0.717, 1.165) is 60.5 Å². The van der Waals surface area contributed by atoms with E-state index >= 15 is 0 Å². The summed E-state index contributed by atoms with van der Waals surface area (Å²) in [5.41, 5.74) is 8.36. The van der Waals surface area contributed by atoms with Crippen LogP contribution in [0.2, 0.25) is 0 Å². The summed E-state index contributed by atoms with van der Waals surface area (Å²) in [5, 5.41) is 25.6. The fourth-order valence-corrected chi connectivity index (χ4v) is 9.49. The average molecular weight is 584 g/mol. The van der Waals surface area contributed by atoms with Gasteiger partial charge >= 0.3 is 0 Å². The van der Waals surface area contributed by atoms with Gasteiger partial charge in [-0.15, -0.1) is 22.7 Å². The molecule has 3 nitrogen and oxygen atoms in total. The number of benzene rings is 5. The molecule has 0 aliphatic heterocycles. The van der Waals surface area contributed by atoms with Gasteiger partial charge in [0, 0.05) is 42.1 Å². The van der Waals surface area contributed by atoms with Gasteiger partial charge < -0.3 is 4.57 Å². The Balaban J connectivity index is 1.39. The average Bonchev–Trinajstić information content (AvgIpc) is 3.74. The molecule has 5 aromatic carbocycles. The number of para-hydroxylation sites is 1. The van der Waals surface area contributed by atoms with E-state index in [2.05, 4.69) is 102 Å². The summed E-state index contributed by atoms with van der Waals surface area (Å²) < 4.78 is 5.80. The minimum absolute atomic E-state index is 0.652. The fourth-order valence-electron chi connectivity index (χ4n) is 6.86. The van der Waals surface area contributed by atoms with E-state index in [0.29, 0.717) is 11.1 Å². The van der Waals surface area contributed by atoms with Crippen molar-refractivity contribution in [2.75, 3.05) is 0 Å². The third-order valence-electron chi connectivity index (χ3n) is 8.73. The van der Waals surface area contributed by atoms with Crippen LogP contribution in [0, 0.1) is 22.7 Å². The first kappa shape index (κ1) is 24.4. The first-order valence-corrected chi connectivity index (χ1v) is 15.9. The van der Waals surface area contributed by atoms with Crippen molar-refractivity contribution in [1.29, 1.82) is 10.5 Å². The second kappa shape index (κ2) is 9.15. The molecule has 0 saturated heterocycles. The number of aromatic nitrogens is 1. The van der Waals surface area contributed by atoms with Gasteiger partial charge in [0.1, 0.15) is 6.07 Å². The number of thiophene rings is 2. The summed E-state index contributed by atoms with van der Waals surface area (Å²) in [5.74, 6) is 0. The minimum atomic E-state index is 0.652. The van der Waals surface area contributed by atoms with Crippen LogP contribution in [0.1, 0.15) is 28.0 Å². The lowest BCUT2D eigenvalue weighted by Gasteiger charge is -2.10. The highest BCUT2D eigenvalue weighted by Crippen LogP contribution is 2.48. The van der Waals surface area contributed by atoms with E-state index < -0.39 is 0 Å². The Kier molecular flexibility index (Phi) is 5.19. The summed E-state index contributed by atoms with van der Waals surface area (Å²) in [6, 6.07) is 36.4. The van der Waals surface area contributed by atoms with Crippen LogP contribution in [0.4, 0.5) is 0 Å². The zero-order chi connectivity index (χ0) is 28.7. The maximum atomic E-state index is 10.2. The summed E-state index contributed by atoms with van der Waals surface area (Å²) in [4.78, 5) is 1.46. The molecule has 0 spiro atoms. The van der Waals surface area contributed by atoms with Crippen LogP contribution < -0.4 is 0 Å². The van der Waals surface area contributed by atoms with Crippen molar-refractivity contribution in [3.63, 3.8) is 0 Å². The summed E-state index contributed by atoms with van der Waals surface area (Å²) in [6.07, 6.45) is 6.75. The lowest BCUT2D eigenvalue weighted by molar-refractivity contribution is 1.02. The number of fused-ring (bicyclic) bond motifs is 9. The molecule has 0 unspecified atom stereocenters. The third kappa shape index (κ3) is 3.38. The SMILES string of the molecule is N#Cc1ccc2c(c1)c1ccccc1n2-c1cccc2c1sc1c(C#N)ccc(-c3cccc4c5c(sc34)CCC=C5)c12. The largest absolute Gasteiger partial charge is 0.308 e. The van der Waals surface area contributed by atoms with E-state index in [4.69, 9.17) is 0 Å². The Labute approximate surface area is 255 Å². The molecule has 1 aliphatic rings. The second-order valence-corrected chi connectivity index (χ2v) is 13.1. The third-order valence-corrected chi connectivity index (χ3v) is 11.3. The monoisotopic (exact) mass is 583 g/mol. The molecule has 0 fully saturated rings. The molecule has 0 atom stereocenters. The molecule has 1 aliphatic carbocycles. The van der Waals surface area contributed by atoms with E-state index in [9.17, 15) is 10.5 Å². The molecule has 3 heterocycles. The van der Waals surface area contributed by atoms with Crippen molar-refractivity contribution in [2.45, 2.75) is 12.8 Å². The van der Waals surface area contributed by atoms with Gasteiger partial charge in [-0.3, -0.25) is 0 Å². The lowest BCUT2D eigenvalue weighted by atomic mass is 9.95. The highest BCUT2D eigenvalue weighted by Gasteiger charge is 2.22. The number of allylic oxidation sites excluding steroid dienone is 1. The van der Waals surface area contributed by atoms with Gasteiger partial charge in [-0.25, -0.2) is 0 Å². The molecule has 8 aromatic rings. The van der Waals surface area contributed by atoms with Crippen molar-refractivity contribution in [3.05, 3.63) is 119 Å². The van der Waals surface area contributed by atoms with Crippen LogP contribution in [0.5, 0.6) is 0 Å². The Morgan fingerprint density at radius 2 is 1.49 bits per heavy atom. The Morgan fingerprint density at radius 3 is 2.40 bits per heavy atom. The molecule has 0 bridgehead atoms. The molecule has 200 valence electrons.